The lowest BCUT2D eigenvalue weighted by Crippen LogP contribution is -2.61. The Morgan fingerprint density at radius 2 is 1.87 bits per heavy atom. The van der Waals surface area contributed by atoms with Gasteiger partial charge in [-0.2, -0.15) is 10.2 Å². The minimum absolute atomic E-state index is 0.122. The average molecular weight is 430 g/mol. The standard InChI is InChI=1S/C23H39N7O/c1-18(2)30-20-16-25-29(22(20)19(3)26-30)11-8-21(31)24-17-23(9-6-5-7-10-23)28-14-12-27(4)13-15-28/h16,18H,5-15,17H2,1-4H3,(H,24,31). The van der Waals surface area contributed by atoms with E-state index in [9.17, 15) is 4.79 Å². The van der Waals surface area contributed by atoms with E-state index in [2.05, 4.69) is 46.2 Å². The van der Waals surface area contributed by atoms with Gasteiger partial charge >= 0.3 is 0 Å². The summed E-state index contributed by atoms with van der Waals surface area (Å²) in [5.74, 6) is 0.122. The van der Waals surface area contributed by atoms with Crippen molar-refractivity contribution >= 4 is 16.9 Å². The molecule has 2 aromatic rings. The van der Waals surface area contributed by atoms with Gasteiger partial charge in [0.05, 0.1) is 18.4 Å². The third-order valence-corrected chi connectivity index (χ3v) is 7.28. The lowest BCUT2D eigenvalue weighted by Gasteiger charge is -2.49. The summed E-state index contributed by atoms with van der Waals surface area (Å²) in [4.78, 5) is 17.9. The number of nitrogens with zero attached hydrogens (tertiary/aromatic N) is 6. The Kier molecular flexibility index (Phi) is 6.67. The maximum absolute atomic E-state index is 12.8. The van der Waals surface area contributed by atoms with Gasteiger partial charge in [-0.1, -0.05) is 19.3 Å². The van der Waals surface area contributed by atoms with Crippen LogP contribution in [-0.2, 0) is 11.3 Å². The second-order valence-corrected chi connectivity index (χ2v) is 9.83. The molecule has 4 rings (SSSR count). The molecule has 8 heteroatoms. The van der Waals surface area contributed by atoms with Crippen LogP contribution < -0.4 is 5.32 Å². The van der Waals surface area contributed by atoms with Crippen molar-refractivity contribution in [1.29, 1.82) is 0 Å². The molecule has 1 saturated heterocycles. The summed E-state index contributed by atoms with van der Waals surface area (Å²) in [6, 6.07) is 0.290. The second kappa shape index (κ2) is 9.28. The monoisotopic (exact) mass is 429 g/mol. The first-order valence-corrected chi connectivity index (χ1v) is 12.0. The van der Waals surface area contributed by atoms with Crippen molar-refractivity contribution in [2.75, 3.05) is 39.8 Å². The number of nitrogens with one attached hydrogen (secondary N) is 1. The maximum atomic E-state index is 12.8. The van der Waals surface area contributed by atoms with Crippen LogP contribution in [0.2, 0.25) is 0 Å². The fourth-order valence-corrected chi connectivity index (χ4v) is 5.40. The van der Waals surface area contributed by atoms with Gasteiger partial charge < -0.3 is 10.2 Å². The zero-order chi connectivity index (χ0) is 22.0. The Balaban J connectivity index is 1.36. The molecule has 1 aliphatic carbocycles. The van der Waals surface area contributed by atoms with Gasteiger partial charge in [-0.3, -0.25) is 19.1 Å². The van der Waals surface area contributed by atoms with Gasteiger partial charge in [0.1, 0.15) is 11.0 Å². The molecule has 172 valence electrons. The van der Waals surface area contributed by atoms with E-state index >= 15 is 0 Å². The summed E-state index contributed by atoms with van der Waals surface area (Å²) < 4.78 is 3.95. The average Bonchev–Trinajstić information content (AvgIpc) is 3.33. The van der Waals surface area contributed by atoms with E-state index in [-0.39, 0.29) is 11.4 Å². The number of carbonyl (C=O) groups is 1. The predicted octanol–water partition coefficient (Wildman–Crippen LogP) is 2.58. The molecule has 31 heavy (non-hydrogen) atoms. The van der Waals surface area contributed by atoms with E-state index in [0.717, 1.165) is 49.5 Å². The number of aromatic nitrogens is 4. The van der Waals surface area contributed by atoms with Gasteiger partial charge in [-0.15, -0.1) is 0 Å². The molecule has 2 fully saturated rings. The molecule has 1 saturated carbocycles. The third-order valence-electron chi connectivity index (χ3n) is 7.28. The first-order valence-electron chi connectivity index (χ1n) is 12.0. The fraction of sp³-hybridized carbons (Fsp3) is 0.783. The number of fused-ring (bicyclic) bond motifs is 1. The van der Waals surface area contributed by atoms with Crippen LogP contribution in [0.15, 0.2) is 6.20 Å². The summed E-state index contributed by atoms with van der Waals surface area (Å²) in [7, 11) is 2.20. The molecule has 0 spiro atoms. The number of rotatable bonds is 7. The van der Waals surface area contributed by atoms with Gasteiger partial charge in [0.2, 0.25) is 5.91 Å². The second-order valence-electron chi connectivity index (χ2n) is 9.83. The van der Waals surface area contributed by atoms with E-state index in [1.54, 1.807) is 0 Å². The first kappa shape index (κ1) is 22.3. The molecule has 1 amide bonds. The van der Waals surface area contributed by atoms with E-state index < -0.39 is 0 Å². The van der Waals surface area contributed by atoms with Crippen LogP contribution in [0.1, 0.15) is 64.1 Å². The highest BCUT2D eigenvalue weighted by Crippen LogP contribution is 2.34. The van der Waals surface area contributed by atoms with Crippen molar-refractivity contribution in [3.63, 3.8) is 0 Å². The molecular weight excluding hydrogens is 390 g/mol. The van der Waals surface area contributed by atoms with Crippen LogP contribution in [-0.4, -0.2) is 80.6 Å². The normalized spacial score (nSPS) is 20.5. The topological polar surface area (TPSA) is 71.2 Å². The number of hydrogen-bond donors (Lipinski definition) is 1. The summed E-state index contributed by atoms with van der Waals surface area (Å²) in [6.07, 6.45) is 8.58. The molecule has 1 aliphatic heterocycles. The molecule has 0 aromatic carbocycles. The van der Waals surface area contributed by atoms with Gasteiger partial charge in [0.15, 0.2) is 0 Å². The smallest absolute Gasteiger partial charge is 0.221 e. The van der Waals surface area contributed by atoms with Gasteiger partial charge in [0, 0.05) is 50.7 Å². The minimum atomic E-state index is 0.122. The minimum Gasteiger partial charge on any atom is -0.354 e. The molecule has 2 aliphatic rings. The van der Waals surface area contributed by atoms with E-state index in [4.69, 9.17) is 0 Å². The van der Waals surface area contributed by atoms with Crippen LogP contribution in [0.4, 0.5) is 0 Å². The van der Waals surface area contributed by atoms with Crippen molar-refractivity contribution in [1.82, 2.24) is 34.7 Å². The highest BCUT2D eigenvalue weighted by Gasteiger charge is 2.39. The summed E-state index contributed by atoms with van der Waals surface area (Å²) >= 11 is 0. The lowest BCUT2D eigenvalue weighted by molar-refractivity contribution is -0.122. The van der Waals surface area contributed by atoms with E-state index in [0.29, 0.717) is 19.0 Å². The third kappa shape index (κ3) is 4.65. The van der Waals surface area contributed by atoms with Crippen LogP contribution in [0.5, 0.6) is 0 Å². The van der Waals surface area contributed by atoms with Crippen molar-refractivity contribution in [3.05, 3.63) is 11.9 Å². The Labute approximate surface area is 185 Å². The fourth-order valence-electron chi connectivity index (χ4n) is 5.40. The van der Waals surface area contributed by atoms with Crippen LogP contribution in [0.3, 0.4) is 0 Å². The summed E-state index contributed by atoms with van der Waals surface area (Å²) in [5.41, 5.74) is 3.20. The van der Waals surface area contributed by atoms with E-state index in [1.807, 2.05) is 22.5 Å². The van der Waals surface area contributed by atoms with Gasteiger partial charge in [-0.25, -0.2) is 0 Å². The molecule has 8 nitrogen and oxygen atoms in total. The Morgan fingerprint density at radius 3 is 2.55 bits per heavy atom. The van der Waals surface area contributed by atoms with Gasteiger partial charge in [0.25, 0.3) is 0 Å². The highest BCUT2D eigenvalue weighted by molar-refractivity contribution is 5.79. The zero-order valence-corrected chi connectivity index (χ0v) is 19.7. The predicted molar refractivity (Wildman–Crippen MR) is 123 cm³/mol. The molecule has 0 unspecified atom stereocenters. The number of amides is 1. The largest absolute Gasteiger partial charge is 0.354 e. The zero-order valence-electron chi connectivity index (χ0n) is 19.7. The first-order chi connectivity index (χ1) is 14.9. The SMILES string of the molecule is Cc1nn(C(C)C)c2cnn(CCC(=O)NCC3(N4CCN(C)CC4)CCCCC3)c12. The molecule has 0 atom stereocenters. The Hall–Kier alpha value is -1.93. The molecule has 1 N–H and O–H groups in total. The van der Waals surface area contributed by atoms with Crippen LogP contribution in [0, 0.1) is 6.92 Å². The Bertz CT molecular complexity index is 885. The molecule has 2 aromatic heterocycles. The van der Waals surface area contributed by atoms with Crippen molar-refractivity contribution in [3.8, 4) is 0 Å². The number of carbonyl (C=O) groups excluding carboxylic acids is 1. The van der Waals surface area contributed by atoms with Crippen LogP contribution >= 0.6 is 0 Å². The van der Waals surface area contributed by atoms with Crippen molar-refractivity contribution in [2.24, 2.45) is 0 Å². The number of aryl methyl sites for hydroxylation is 2. The molecule has 0 radical (unpaired) electrons. The number of hydrogen-bond acceptors (Lipinski definition) is 5. The summed E-state index contributed by atoms with van der Waals surface area (Å²) in [6.45, 7) is 12.1. The molecular formula is C23H39N7O. The van der Waals surface area contributed by atoms with Crippen LogP contribution in [0.25, 0.3) is 11.0 Å². The quantitative estimate of drug-likeness (QED) is 0.733. The maximum Gasteiger partial charge on any atom is 0.221 e. The highest BCUT2D eigenvalue weighted by atomic mass is 16.1. The molecule has 3 heterocycles. The van der Waals surface area contributed by atoms with Crippen molar-refractivity contribution in [2.45, 2.75) is 77.4 Å². The van der Waals surface area contributed by atoms with E-state index in [1.165, 1.54) is 32.1 Å². The van der Waals surface area contributed by atoms with Crippen molar-refractivity contribution < 1.29 is 4.79 Å². The number of likely N-dealkylation sites (N-methyl/N-ethyl adjacent to an activating group) is 1. The lowest BCUT2D eigenvalue weighted by atomic mass is 9.79. The van der Waals surface area contributed by atoms with Gasteiger partial charge in [-0.05, 0) is 40.7 Å². The molecule has 0 bridgehead atoms. The Morgan fingerprint density at radius 1 is 1.16 bits per heavy atom. The number of piperazine rings is 1. The summed E-state index contributed by atoms with van der Waals surface area (Å²) in [5, 5.41) is 12.5.